The molecule has 1 fully saturated rings. The first-order valence-electron chi connectivity index (χ1n) is 3.71. The van der Waals surface area contributed by atoms with E-state index >= 15 is 0 Å². The summed E-state index contributed by atoms with van der Waals surface area (Å²) in [6.45, 7) is 3.29. The van der Waals surface area contributed by atoms with Gasteiger partial charge in [-0.05, 0) is 6.42 Å². The van der Waals surface area contributed by atoms with Gasteiger partial charge in [-0.1, -0.05) is 6.92 Å². The highest BCUT2D eigenvalue weighted by Gasteiger charge is 2.19. The minimum absolute atomic E-state index is 0.0659. The third-order valence-corrected chi connectivity index (χ3v) is 1.69. The molecular formula is C7H14O3. The van der Waals surface area contributed by atoms with Crippen molar-refractivity contribution in [2.24, 2.45) is 0 Å². The smallest absolute Gasteiger partial charge is 0.104 e. The molecule has 1 aliphatic rings. The van der Waals surface area contributed by atoms with Crippen LogP contribution in [0.25, 0.3) is 0 Å². The molecule has 3 nitrogen and oxygen atoms in total. The number of aliphatic hydroxyl groups excluding tert-OH is 1. The lowest BCUT2D eigenvalue weighted by atomic mass is 10.2. The largest absolute Gasteiger partial charge is 0.394 e. The van der Waals surface area contributed by atoms with Crippen molar-refractivity contribution in [1.29, 1.82) is 0 Å². The second-order valence-electron chi connectivity index (χ2n) is 2.50. The van der Waals surface area contributed by atoms with Crippen LogP contribution in [0.1, 0.15) is 13.3 Å². The van der Waals surface area contributed by atoms with E-state index in [1.54, 1.807) is 0 Å². The van der Waals surface area contributed by atoms with Crippen LogP contribution in [0.2, 0.25) is 0 Å². The molecule has 0 aromatic heterocycles. The third kappa shape index (κ3) is 1.94. The first-order chi connectivity index (χ1) is 4.86. The Labute approximate surface area is 60.9 Å². The van der Waals surface area contributed by atoms with Crippen LogP contribution in [0.15, 0.2) is 0 Å². The molecule has 1 heterocycles. The van der Waals surface area contributed by atoms with Gasteiger partial charge in [-0.2, -0.15) is 0 Å². The Balaban J connectivity index is 2.17. The lowest BCUT2D eigenvalue weighted by Gasteiger charge is -2.27. The molecule has 1 aliphatic heterocycles. The van der Waals surface area contributed by atoms with Gasteiger partial charge in [0.2, 0.25) is 0 Å². The summed E-state index contributed by atoms with van der Waals surface area (Å²) in [5.41, 5.74) is 0. The zero-order valence-electron chi connectivity index (χ0n) is 6.25. The molecule has 0 saturated carbocycles. The maximum Gasteiger partial charge on any atom is 0.104 e. The summed E-state index contributed by atoms with van der Waals surface area (Å²) in [4.78, 5) is 0. The molecule has 0 spiro atoms. The van der Waals surface area contributed by atoms with E-state index in [0.29, 0.717) is 13.2 Å². The van der Waals surface area contributed by atoms with Crippen molar-refractivity contribution >= 4 is 0 Å². The number of hydrogen-bond acceptors (Lipinski definition) is 3. The maximum atomic E-state index is 8.64. The van der Waals surface area contributed by atoms with Crippen LogP contribution in [0, 0.1) is 0 Å². The van der Waals surface area contributed by atoms with Gasteiger partial charge in [-0.15, -0.1) is 0 Å². The first kappa shape index (κ1) is 7.98. The molecule has 2 unspecified atom stereocenters. The molecule has 1 N–H and O–H groups in total. The quantitative estimate of drug-likeness (QED) is 0.603. The van der Waals surface area contributed by atoms with E-state index in [1.807, 2.05) is 0 Å². The van der Waals surface area contributed by atoms with Crippen LogP contribution < -0.4 is 0 Å². The summed E-state index contributed by atoms with van der Waals surface area (Å²) in [6, 6.07) is 0. The fourth-order valence-electron chi connectivity index (χ4n) is 0.924. The van der Waals surface area contributed by atoms with Gasteiger partial charge in [-0.25, -0.2) is 0 Å². The van der Waals surface area contributed by atoms with Gasteiger partial charge in [0.1, 0.15) is 6.10 Å². The van der Waals surface area contributed by atoms with Crippen LogP contribution in [0.4, 0.5) is 0 Å². The van der Waals surface area contributed by atoms with Gasteiger partial charge in [0.15, 0.2) is 0 Å². The van der Waals surface area contributed by atoms with E-state index in [1.165, 1.54) is 0 Å². The molecule has 10 heavy (non-hydrogen) atoms. The van der Waals surface area contributed by atoms with E-state index in [4.69, 9.17) is 14.6 Å². The van der Waals surface area contributed by atoms with Crippen LogP contribution in [0.3, 0.4) is 0 Å². The van der Waals surface area contributed by atoms with Crippen molar-refractivity contribution in [2.75, 3.05) is 19.8 Å². The van der Waals surface area contributed by atoms with Gasteiger partial charge in [0.05, 0.1) is 25.9 Å². The zero-order chi connectivity index (χ0) is 7.40. The predicted molar refractivity (Wildman–Crippen MR) is 36.9 cm³/mol. The van der Waals surface area contributed by atoms with Gasteiger partial charge >= 0.3 is 0 Å². The molecule has 2 atom stereocenters. The Bertz CT molecular complexity index is 74.9. The second kappa shape index (κ2) is 3.91. The normalized spacial score (nSPS) is 34.2. The van der Waals surface area contributed by atoms with Crippen molar-refractivity contribution < 1.29 is 14.6 Å². The molecule has 0 aliphatic carbocycles. The van der Waals surface area contributed by atoms with Crippen LogP contribution in [-0.4, -0.2) is 37.1 Å². The molecule has 3 heteroatoms. The molecule has 0 aromatic carbocycles. The van der Waals surface area contributed by atoms with Gasteiger partial charge < -0.3 is 14.6 Å². The minimum atomic E-state index is -0.0946. The van der Waals surface area contributed by atoms with Crippen molar-refractivity contribution in [3.63, 3.8) is 0 Å². The number of hydrogen-bond donors (Lipinski definition) is 1. The van der Waals surface area contributed by atoms with Crippen molar-refractivity contribution in [3.05, 3.63) is 0 Å². The van der Waals surface area contributed by atoms with Crippen molar-refractivity contribution in [2.45, 2.75) is 25.6 Å². The highest BCUT2D eigenvalue weighted by Crippen LogP contribution is 2.08. The fourth-order valence-corrected chi connectivity index (χ4v) is 0.924. The number of aliphatic hydroxyl groups is 1. The van der Waals surface area contributed by atoms with Gasteiger partial charge in [-0.3, -0.25) is 0 Å². The highest BCUT2D eigenvalue weighted by atomic mass is 16.6. The Morgan fingerprint density at radius 3 is 2.30 bits per heavy atom. The predicted octanol–water partition coefficient (Wildman–Crippen LogP) is 0.173. The summed E-state index contributed by atoms with van der Waals surface area (Å²) in [5, 5.41) is 8.64. The minimum Gasteiger partial charge on any atom is -0.394 e. The fraction of sp³-hybridized carbons (Fsp3) is 1.00. The van der Waals surface area contributed by atoms with Gasteiger partial charge in [0.25, 0.3) is 0 Å². The molecule has 1 rings (SSSR count). The highest BCUT2D eigenvalue weighted by molar-refractivity contribution is 4.65. The number of rotatable bonds is 2. The van der Waals surface area contributed by atoms with Crippen LogP contribution in [0.5, 0.6) is 0 Å². The second-order valence-corrected chi connectivity index (χ2v) is 2.50. The third-order valence-electron chi connectivity index (χ3n) is 1.69. The molecular weight excluding hydrogens is 132 g/mol. The average Bonchev–Trinajstić information content (AvgIpc) is 2.05. The van der Waals surface area contributed by atoms with Crippen LogP contribution >= 0.6 is 0 Å². The molecule has 0 amide bonds. The SMILES string of the molecule is CCC1COC(CO)CO1. The monoisotopic (exact) mass is 146 g/mol. The zero-order valence-corrected chi connectivity index (χ0v) is 6.25. The van der Waals surface area contributed by atoms with E-state index in [-0.39, 0.29) is 18.8 Å². The lowest BCUT2D eigenvalue weighted by Crippen LogP contribution is -2.37. The molecule has 0 bridgehead atoms. The van der Waals surface area contributed by atoms with Crippen molar-refractivity contribution in [1.82, 2.24) is 0 Å². The van der Waals surface area contributed by atoms with E-state index in [2.05, 4.69) is 6.92 Å². The topological polar surface area (TPSA) is 38.7 Å². The summed E-state index contributed by atoms with van der Waals surface area (Å²) >= 11 is 0. The Morgan fingerprint density at radius 1 is 1.30 bits per heavy atom. The standard InChI is InChI=1S/C7H14O3/c1-2-6-4-10-7(3-8)5-9-6/h6-8H,2-5H2,1H3. The maximum absolute atomic E-state index is 8.64. The first-order valence-corrected chi connectivity index (χ1v) is 3.71. The summed E-state index contributed by atoms with van der Waals surface area (Å²) in [6.07, 6.45) is 1.13. The Morgan fingerprint density at radius 2 is 1.90 bits per heavy atom. The number of ether oxygens (including phenoxy) is 2. The van der Waals surface area contributed by atoms with Gasteiger partial charge in [0, 0.05) is 0 Å². The summed E-state index contributed by atoms with van der Waals surface area (Å²) < 4.78 is 10.6. The van der Waals surface area contributed by atoms with E-state index in [9.17, 15) is 0 Å². The molecule has 0 radical (unpaired) electrons. The lowest BCUT2D eigenvalue weighted by molar-refractivity contribution is -0.145. The Kier molecular flexibility index (Phi) is 3.12. The Hall–Kier alpha value is -0.120. The molecule has 0 aromatic rings. The van der Waals surface area contributed by atoms with E-state index in [0.717, 1.165) is 6.42 Å². The summed E-state index contributed by atoms with van der Waals surface area (Å²) in [5.74, 6) is 0. The molecule has 1 saturated heterocycles. The van der Waals surface area contributed by atoms with Crippen molar-refractivity contribution in [3.8, 4) is 0 Å². The average molecular weight is 146 g/mol. The van der Waals surface area contributed by atoms with E-state index < -0.39 is 0 Å². The summed E-state index contributed by atoms with van der Waals surface area (Å²) in [7, 11) is 0. The van der Waals surface area contributed by atoms with Crippen LogP contribution in [-0.2, 0) is 9.47 Å². The molecule has 60 valence electrons.